The van der Waals surface area contributed by atoms with Crippen LogP contribution in [0.1, 0.15) is 6.92 Å². The zero-order valence-electron chi connectivity index (χ0n) is 8.61. The number of likely N-dealkylation sites (N-methyl/N-ethyl adjacent to an activating group) is 1. The van der Waals surface area contributed by atoms with E-state index in [9.17, 15) is 5.11 Å². The van der Waals surface area contributed by atoms with Gasteiger partial charge in [-0.2, -0.15) is 0 Å². The highest BCUT2D eigenvalue weighted by molar-refractivity contribution is 4.82. The second kappa shape index (κ2) is 4.91. The summed E-state index contributed by atoms with van der Waals surface area (Å²) in [5, 5.41) is 9.29. The first-order chi connectivity index (χ1) is 6.13. The van der Waals surface area contributed by atoms with Crippen molar-refractivity contribution in [3.8, 4) is 0 Å². The lowest BCUT2D eigenvalue weighted by Gasteiger charge is -2.40. The summed E-state index contributed by atoms with van der Waals surface area (Å²) in [6, 6.07) is 0.411. The molecule has 1 aliphatic heterocycles. The molecule has 4 nitrogen and oxygen atoms in total. The predicted molar refractivity (Wildman–Crippen MR) is 53.6 cm³/mol. The Balaban J connectivity index is 2.42. The standard InChI is InChI=1S/C9H21N3O/c1-8(13)6-12-4-3-11(2)7-9(12)5-10/h8-9,13H,3-7,10H2,1-2H3/t8-,9?/m0/s1. The van der Waals surface area contributed by atoms with Gasteiger partial charge in [0, 0.05) is 38.8 Å². The molecule has 0 radical (unpaired) electrons. The third-order valence-electron chi connectivity index (χ3n) is 2.58. The van der Waals surface area contributed by atoms with Gasteiger partial charge in [-0.1, -0.05) is 0 Å². The molecule has 1 fully saturated rings. The number of rotatable bonds is 3. The van der Waals surface area contributed by atoms with Gasteiger partial charge in [-0.3, -0.25) is 4.90 Å². The first kappa shape index (κ1) is 10.9. The molecule has 0 aromatic carbocycles. The largest absolute Gasteiger partial charge is 0.392 e. The molecule has 2 atom stereocenters. The van der Waals surface area contributed by atoms with Crippen LogP contribution in [0.5, 0.6) is 0 Å². The number of hydrogen-bond donors (Lipinski definition) is 2. The number of nitrogens with two attached hydrogens (primary N) is 1. The van der Waals surface area contributed by atoms with Gasteiger partial charge in [0.05, 0.1) is 6.10 Å². The van der Waals surface area contributed by atoms with Gasteiger partial charge in [0.15, 0.2) is 0 Å². The average molecular weight is 187 g/mol. The molecule has 0 aromatic rings. The fraction of sp³-hybridized carbons (Fsp3) is 1.00. The van der Waals surface area contributed by atoms with Crippen LogP contribution in [0.25, 0.3) is 0 Å². The highest BCUT2D eigenvalue weighted by atomic mass is 16.3. The van der Waals surface area contributed by atoms with Crippen LogP contribution in [0.3, 0.4) is 0 Å². The number of piperazine rings is 1. The molecule has 1 unspecified atom stereocenters. The lowest BCUT2D eigenvalue weighted by atomic mass is 10.1. The van der Waals surface area contributed by atoms with Crippen LogP contribution in [0.15, 0.2) is 0 Å². The molecule has 1 saturated heterocycles. The number of hydrogen-bond acceptors (Lipinski definition) is 4. The molecule has 4 heteroatoms. The first-order valence-corrected chi connectivity index (χ1v) is 4.94. The van der Waals surface area contributed by atoms with Crippen molar-refractivity contribution in [2.45, 2.75) is 19.1 Å². The minimum Gasteiger partial charge on any atom is -0.392 e. The summed E-state index contributed by atoms with van der Waals surface area (Å²) in [4.78, 5) is 4.57. The Kier molecular flexibility index (Phi) is 4.12. The van der Waals surface area contributed by atoms with E-state index in [0.717, 1.165) is 26.2 Å². The zero-order chi connectivity index (χ0) is 9.84. The topological polar surface area (TPSA) is 52.7 Å². The Labute approximate surface area is 80.3 Å². The van der Waals surface area contributed by atoms with Gasteiger partial charge in [0.1, 0.15) is 0 Å². The van der Waals surface area contributed by atoms with E-state index < -0.39 is 0 Å². The second-order valence-electron chi connectivity index (χ2n) is 4.00. The highest BCUT2D eigenvalue weighted by Crippen LogP contribution is 2.07. The van der Waals surface area contributed by atoms with E-state index in [4.69, 9.17) is 5.73 Å². The predicted octanol–water partition coefficient (Wildman–Crippen LogP) is -1.06. The van der Waals surface area contributed by atoms with Gasteiger partial charge >= 0.3 is 0 Å². The smallest absolute Gasteiger partial charge is 0.0639 e. The summed E-state index contributed by atoms with van der Waals surface area (Å²) in [6.07, 6.45) is -0.252. The van der Waals surface area contributed by atoms with Gasteiger partial charge in [-0.05, 0) is 14.0 Å². The van der Waals surface area contributed by atoms with E-state index in [-0.39, 0.29) is 6.10 Å². The van der Waals surface area contributed by atoms with Crippen molar-refractivity contribution in [2.75, 3.05) is 39.8 Å². The second-order valence-corrected chi connectivity index (χ2v) is 4.00. The zero-order valence-corrected chi connectivity index (χ0v) is 8.61. The van der Waals surface area contributed by atoms with Gasteiger partial charge < -0.3 is 15.7 Å². The van der Waals surface area contributed by atoms with Crippen molar-refractivity contribution < 1.29 is 5.11 Å². The van der Waals surface area contributed by atoms with Crippen LogP contribution in [-0.2, 0) is 0 Å². The molecular weight excluding hydrogens is 166 g/mol. The lowest BCUT2D eigenvalue weighted by molar-refractivity contribution is 0.0507. The summed E-state index contributed by atoms with van der Waals surface area (Å²) in [5.74, 6) is 0. The molecule has 0 aromatic heterocycles. The summed E-state index contributed by atoms with van der Waals surface area (Å²) < 4.78 is 0. The fourth-order valence-corrected chi connectivity index (χ4v) is 1.85. The van der Waals surface area contributed by atoms with E-state index in [0.29, 0.717) is 12.6 Å². The third kappa shape index (κ3) is 3.23. The van der Waals surface area contributed by atoms with Gasteiger partial charge in [0.2, 0.25) is 0 Å². The Morgan fingerprint density at radius 1 is 1.54 bits per heavy atom. The van der Waals surface area contributed by atoms with Gasteiger partial charge in [-0.25, -0.2) is 0 Å². The molecule has 0 bridgehead atoms. The lowest BCUT2D eigenvalue weighted by Crippen LogP contribution is -2.56. The molecule has 13 heavy (non-hydrogen) atoms. The minimum absolute atomic E-state index is 0.252. The summed E-state index contributed by atoms with van der Waals surface area (Å²) in [6.45, 7) is 6.36. The fourth-order valence-electron chi connectivity index (χ4n) is 1.85. The number of aliphatic hydroxyl groups is 1. The van der Waals surface area contributed by atoms with Crippen LogP contribution < -0.4 is 5.73 Å². The molecule has 0 amide bonds. The summed E-state index contributed by atoms with van der Waals surface area (Å²) in [7, 11) is 2.11. The Hall–Kier alpha value is -0.160. The number of nitrogens with zero attached hydrogens (tertiary/aromatic N) is 2. The van der Waals surface area contributed by atoms with E-state index in [1.165, 1.54) is 0 Å². The molecular formula is C9H21N3O. The average Bonchev–Trinajstić information content (AvgIpc) is 2.07. The van der Waals surface area contributed by atoms with Crippen molar-refractivity contribution in [1.82, 2.24) is 9.80 Å². The van der Waals surface area contributed by atoms with Crippen molar-refractivity contribution in [1.29, 1.82) is 0 Å². The van der Waals surface area contributed by atoms with Crippen LogP contribution in [0, 0.1) is 0 Å². The molecule has 1 aliphatic rings. The van der Waals surface area contributed by atoms with Crippen LogP contribution in [0.2, 0.25) is 0 Å². The monoisotopic (exact) mass is 187 g/mol. The van der Waals surface area contributed by atoms with Crippen molar-refractivity contribution in [3.05, 3.63) is 0 Å². The summed E-state index contributed by atoms with van der Waals surface area (Å²) >= 11 is 0. The maximum Gasteiger partial charge on any atom is 0.0639 e. The number of β-amino-alcohol motifs (C(OH)–C–C–N with tert-alkyl or cyclic N) is 1. The van der Waals surface area contributed by atoms with Crippen molar-refractivity contribution in [2.24, 2.45) is 5.73 Å². The molecule has 3 N–H and O–H groups in total. The SMILES string of the molecule is C[C@H](O)CN1CCN(C)CC1CN. The highest BCUT2D eigenvalue weighted by Gasteiger charge is 2.24. The van der Waals surface area contributed by atoms with Crippen LogP contribution >= 0.6 is 0 Å². The van der Waals surface area contributed by atoms with E-state index in [2.05, 4.69) is 16.8 Å². The Morgan fingerprint density at radius 2 is 2.23 bits per heavy atom. The molecule has 78 valence electrons. The normalized spacial score (nSPS) is 29.1. The molecule has 0 saturated carbocycles. The number of aliphatic hydroxyl groups excluding tert-OH is 1. The maximum absolute atomic E-state index is 9.29. The Bertz CT molecular complexity index is 152. The van der Waals surface area contributed by atoms with E-state index in [1.807, 2.05) is 6.92 Å². The molecule has 0 aliphatic carbocycles. The maximum atomic E-state index is 9.29. The third-order valence-corrected chi connectivity index (χ3v) is 2.58. The van der Waals surface area contributed by atoms with Crippen molar-refractivity contribution >= 4 is 0 Å². The van der Waals surface area contributed by atoms with Crippen LogP contribution in [0.4, 0.5) is 0 Å². The van der Waals surface area contributed by atoms with Gasteiger partial charge in [0.25, 0.3) is 0 Å². The van der Waals surface area contributed by atoms with E-state index >= 15 is 0 Å². The molecule has 1 rings (SSSR count). The Morgan fingerprint density at radius 3 is 2.77 bits per heavy atom. The van der Waals surface area contributed by atoms with E-state index in [1.54, 1.807) is 0 Å². The van der Waals surface area contributed by atoms with Gasteiger partial charge in [-0.15, -0.1) is 0 Å². The molecule has 0 spiro atoms. The summed E-state index contributed by atoms with van der Waals surface area (Å²) in [5.41, 5.74) is 5.68. The molecule has 1 heterocycles. The van der Waals surface area contributed by atoms with Crippen LogP contribution in [-0.4, -0.2) is 66.8 Å². The first-order valence-electron chi connectivity index (χ1n) is 4.94. The minimum atomic E-state index is -0.252. The van der Waals surface area contributed by atoms with Crippen molar-refractivity contribution in [3.63, 3.8) is 0 Å². The quantitative estimate of drug-likeness (QED) is 0.591.